The van der Waals surface area contributed by atoms with Crippen LogP contribution in [0.5, 0.6) is 0 Å². The zero-order valence-electron chi connectivity index (χ0n) is 4.89. The molecule has 0 bridgehead atoms. The molecule has 0 saturated heterocycles. The fourth-order valence-electron chi connectivity index (χ4n) is 0.118. The van der Waals surface area contributed by atoms with Gasteiger partial charge in [-0.05, 0) is 14.0 Å². The van der Waals surface area contributed by atoms with Crippen LogP contribution in [0.2, 0.25) is 0 Å². The van der Waals surface area contributed by atoms with Crippen molar-refractivity contribution in [3.63, 3.8) is 0 Å². The molecule has 0 aromatic carbocycles. The van der Waals surface area contributed by atoms with Crippen LogP contribution in [0, 0.1) is 0 Å². The van der Waals surface area contributed by atoms with Crippen molar-refractivity contribution in [2.75, 3.05) is 7.11 Å². The van der Waals surface area contributed by atoms with Crippen LogP contribution in [0.4, 0.5) is 0 Å². The predicted molar refractivity (Wildman–Crippen MR) is 20.8 cm³/mol. The Bertz CT molecular complexity index is 60.7. The van der Waals surface area contributed by atoms with Gasteiger partial charge in [0.1, 0.15) is 0 Å². The first-order valence-electron chi connectivity index (χ1n) is 1.68. The van der Waals surface area contributed by atoms with E-state index in [2.05, 4.69) is 4.74 Å². The third kappa shape index (κ3) is 5.94. The molecular formula is C4H7LiO2. The number of ether oxygens (including phenoxy) is 1. The van der Waals surface area contributed by atoms with Crippen LogP contribution in [0.15, 0.2) is 12.0 Å². The molecule has 3 heteroatoms. The quantitative estimate of drug-likeness (QED) is 0.254. The third-order valence-electron chi connectivity index (χ3n) is 0.437. The molecule has 36 valence electrons. The van der Waals surface area contributed by atoms with Gasteiger partial charge in [-0.2, -0.15) is 0 Å². The van der Waals surface area contributed by atoms with Crippen molar-refractivity contribution < 1.29 is 28.7 Å². The van der Waals surface area contributed by atoms with E-state index in [0.717, 1.165) is 0 Å². The second-order valence-corrected chi connectivity index (χ2v) is 0.812. The maximum atomic E-state index is 9.90. The molecule has 0 heterocycles. The first-order valence-corrected chi connectivity index (χ1v) is 1.68. The fraction of sp³-hybridized carbons (Fsp3) is 0.500. The van der Waals surface area contributed by atoms with E-state index in [4.69, 9.17) is 0 Å². The van der Waals surface area contributed by atoms with E-state index in [1.165, 1.54) is 13.2 Å². The van der Waals surface area contributed by atoms with Gasteiger partial charge in [-0.1, -0.05) is 6.08 Å². The summed E-state index contributed by atoms with van der Waals surface area (Å²) in [6.07, 6.45) is 1.36. The van der Waals surface area contributed by atoms with Gasteiger partial charge < -0.3 is 9.84 Å². The minimum atomic E-state index is -0.282. The molecule has 0 unspecified atom stereocenters. The smallest absolute Gasteiger partial charge is 0.617 e. The van der Waals surface area contributed by atoms with Crippen LogP contribution in [0.1, 0.15) is 6.92 Å². The van der Waals surface area contributed by atoms with Crippen molar-refractivity contribution in [2.24, 2.45) is 0 Å². The SMILES string of the molecule is C/C=C(\[O-])OC.[Li+]. The Morgan fingerprint density at radius 2 is 2.14 bits per heavy atom. The summed E-state index contributed by atoms with van der Waals surface area (Å²) >= 11 is 0. The van der Waals surface area contributed by atoms with E-state index in [1.54, 1.807) is 6.92 Å². The molecule has 0 aliphatic rings. The van der Waals surface area contributed by atoms with E-state index in [0.29, 0.717) is 0 Å². The van der Waals surface area contributed by atoms with Gasteiger partial charge in [-0.15, -0.1) is 0 Å². The summed E-state index contributed by atoms with van der Waals surface area (Å²) in [7, 11) is 1.35. The molecule has 0 fully saturated rings. The van der Waals surface area contributed by atoms with Crippen LogP contribution >= 0.6 is 0 Å². The van der Waals surface area contributed by atoms with Crippen LogP contribution in [-0.4, -0.2) is 7.11 Å². The van der Waals surface area contributed by atoms with E-state index in [1.807, 2.05) is 0 Å². The standard InChI is InChI=1S/C4H8O2.Li/c1-3-4(5)6-2;/h3,5H,1-2H3;/q;+1/p-1/b4-3+;. The topological polar surface area (TPSA) is 32.3 Å². The van der Waals surface area contributed by atoms with Gasteiger partial charge in [0.05, 0.1) is 0 Å². The molecule has 7 heavy (non-hydrogen) atoms. The van der Waals surface area contributed by atoms with Crippen molar-refractivity contribution in [3.8, 4) is 0 Å². The van der Waals surface area contributed by atoms with E-state index < -0.39 is 0 Å². The largest absolute Gasteiger partial charge is 1.00 e. The van der Waals surface area contributed by atoms with Crippen molar-refractivity contribution in [3.05, 3.63) is 12.0 Å². The Labute approximate surface area is 55.3 Å². The van der Waals surface area contributed by atoms with Crippen molar-refractivity contribution in [2.45, 2.75) is 6.92 Å². The summed E-state index contributed by atoms with van der Waals surface area (Å²) in [4.78, 5) is 0. The zero-order valence-corrected chi connectivity index (χ0v) is 4.89. The number of hydrogen-bond acceptors (Lipinski definition) is 2. The Morgan fingerprint density at radius 1 is 1.71 bits per heavy atom. The summed E-state index contributed by atoms with van der Waals surface area (Å²) < 4.78 is 4.20. The van der Waals surface area contributed by atoms with Crippen LogP contribution in [-0.2, 0) is 4.74 Å². The van der Waals surface area contributed by atoms with Crippen molar-refractivity contribution in [1.82, 2.24) is 0 Å². The predicted octanol–water partition coefficient (Wildman–Crippen LogP) is -3.14. The molecule has 2 nitrogen and oxygen atoms in total. The number of methoxy groups -OCH3 is 1. The average Bonchev–Trinajstić information content (AvgIpc) is 1.65. The Hall–Kier alpha value is -0.0626. The summed E-state index contributed by atoms with van der Waals surface area (Å²) in [5.74, 6) is -0.282. The van der Waals surface area contributed by atoms with Gasteiger partial charge in [0.25, 0.3) is 0 Å². The van der Waals surface area contributed by atoms with E-state index in [9.17, 15) is 5.11 Å². The first kappa shape index (κ1) is 10.0. The second kappa shape index (κ2) is 5.94. The summed E-state index contributed by atoms with van der Waals surface area (Å²) in [5, 5.41) is 9.90. The first-order chi connectivity index (χ1) is 2.81. The van der Waals surface area contributed by atoms with Gasteiger partial charge in [-0.3, -0.25) is 0 Å². The maximum absolute atomic E-state index is 9.90. The molecule has 0 aromatic heterocycles. The average molecular weight is 94.0 g/mol. The van der Waals surface area contributed by atoms with Gasteiger partial charge in [-0.25, -0.2) is 0 Å². The van der Waals surface area contributed by atoms with Gasteiger partial charge >= 0.3 is 18.9 Å². The minimum Gasteiger partial charge on any atom is -0.617 e. The second-order valence-electron chi connectivity index (χ2n) is 0.812. The van der Waals surface area contributed by atoms with Crippen molar-refractivity contribution in [1.29, 1.82) is 0 Å². The monoisotopic (exact) mass is 94.1 g/mol. The summed E-state index contributed by atoms with van der Waals surface area (Å²) in [6, 6.07) is 0. The zero-order chi connectivity index (χ0) is 4.99. The van der Waals surface area contributed by atoms with E-state index in [-0.39, 0.29) is 24.8 Å². The van der Waals surface area contributed by atoms with Gasteiger partial charge in [0, 0.05) is 5.95 Å². The molecule has 0 radical (unpaired) electrons. The molecule has 0 aliphatic carbocycles. The molecular weight excluding hydrogens is 87.0 g/mol. The molecule has 0 N–H and O–H groups in total. The Morgan fingerprint density at radius 3 is 2.14 bits per heavy atom. The molecule has 0 amide bonds. The summed E-state index contributed by atoms with van der Waals surface area (Å²) in [6.45, 7) is 1.63. The van der Waals surface area contributed by atoms with Gasteiger partial charge in [0.2, 0.25) is 0 Å². The minimum absolute atomic E-state index is 0. The van der Waals surface area contributed by atoms with E-state index >= 15 is 0 Å². The van der Waals surface area contributed by atoms with Gasteiger partial charge in [0.15, 0.2) is 0 Å². The molecule has 0 rings (SSSR count). The molecule has 0 atom stereocenters. The number of hydrogen-bond donors (Lipinski definition) is 0. The Kier molecular flexibility index (Phi) is 8.51. The molecule has 0 aromatic rings. The third-order valence-corrected chi connectivity index (χ3v) is 0.437. The van der Waals surface area contributed by atoms with Crippen molar-refractivity contribution >= 4 is 0 Å². The number of allylic oxidation sites excluding steroid dienone is 1. The summed E-state index contributed by atoms with van der Waals surface area (Å²) in [5.41, 5.74) is 0. The maximum Gasteiger partial charge on any atom is 1.00 e. The molecule has 0 spiro atoms. The number of rotatable bonds is 1. The normalized spacial score (nSPS) is 9.71. The Balaban J connectivity index is 0. The fourth-order valence-corrected chi connectivity index (χ4v) is 0.118. The van der Waals surface area contributed by atoms with Crippen LogP contribution in [0.25, 0.3) is 0 Å². The molecule has 0 saturated carbocycles. The van der Waals surface area contributed by atoms with Crippen LogP contribution < -0.4 is 24.0 Å². The van der Waals surface area contributed by atoms with Crippen LogP contribution in [0.3, 0.4) is 0 Å². The molecule has 0 aliphatic heterocycles.